The second-order valence-corrected chi connectivity index (χ2v) is 10.1. The van der Waals surface area contributed by atoms with Crippen molar-refractivity contribution in [3.8, 4) is 11.8 Å². The molecule has 0 saturated carbocycles. The highest BCUT2D eigenvalue weighted by Gasteiger charge is 2.33. The number of hydrogen-bond donors (Lipinski definition) is 0. The van der Waals surface area contributed by atoms with E-state index >= 15 is 0 Å². The van der Waals surface area contributed by atoms with Gasteiger partial charge in [0.05, 0.1) is 31.2 Å². The van der Waals surface area contributed by atoms with Crippen LogP contribution in [-0.4, -0.2) is 10.2 Å². The summed E-state index contributed by atoms with van der Waals surface area (Å²) in [6.07, 6.45) is 1.81. The van der Waals surface area contributed by atoms with E-state index in [1.165, 1.54) is 11.8 Å². The normalized spacial score (nSPS) is 14.7. The first kappa shape index (κ1) is 22.7. The lowest BCUT2D eigenvalue weighted by molar-refractivity contribution is -0.113. The summed E-state index contributed by atoms with van der Waals surface area (Å²) >= 11 is 13.8. The molecule has 1 saturated heterocycles. The summed E-state index contributed by atoms with van der Waals surface area (Å²) in [6.45, 7) is 0.260. The van der Waals surface area contributed by atoms with Gasteiger partial charge in [-0.25, -0.2) is 0 Å². The Morgan fingerprint density at radius 1 is 1.06 bits per heavy atom. The molecule has 0 bridgehead atoms. The average molecular weight is 586 g/mol. The van der Waals surface area contributed by atoms with E-state index in [-0.39, 0.29) is 12.5 Å². The molecule has 1 aliphatic heterocycles. The smallest absolute Gasteiger partial charge is 0.270 e. The molecule has 0 unspecified atom stereocenters. The maximum Gasteiger partial charge on any atom is 0.270 e. The number of anilines is 1. The van der Waals surface area contributed by atoms with E-state index in [9.17, 15) is 10.1 Å². The van der Waals surface area contributed by atoms with Crippen LogP contribution >= 0.6 is 55.8 Å². The van der Waals surface area contributed by atoms with Gasteiger partial charge in [0.25, 0.3) is 5.91 Å². The fraction of sp³-hybridized carbons (Fsp3) is 0.0417. The van der Waals surface area contributed by atoms with Crippen molar-refractivity contribution in [1.29, 1.82) is 5.26 Å². The van der Waals surface area contributed by atoms with E-state index in [0.29, 0.717) is 20.5 Å². The van der Waals surface area contributed by atoms with Gasteiger partial charge in [0.2, 0.25) is 0 Å². The van der Waals surface area contributed by atoms with Gasteiger partial charge in [-0.15, -0.1) is 0 Å². The number of benzene rings is 3. The van der Waals surface area contributed by atoms with Crippen LogP contribution < -0.4 is 9.64 Å². The molecule has 4 nitrogen and oxygen atoms in total. The number of amides is 1. The van der Waals surface area contributed by atoms with Crippen LogP contribution in [0.2, 0.25) is 0 Å². The van der Waals surface area contributed by atoms with Crippen LogP contribution in [0.1, 0.15) is 16.7 Å². The van der Waals surface area contributed by atoms with Crippen molar-refractivity contribution in [3.05, 3.63) is 97.3 Å². The standard InChI is InChI=1S/C24H14Br2N2O2S2/c25-19-10-15(11-20(26)22(19)30-14-17-7-5-4-6-16(17)13-27)12-21-23(29)28(24(31)32-21)18-8-2-1-3-9-18/h1-12H,14H2/b21-12+. The third-order valence-corrected chi connectivity index (χ3v) is 7.12. The molecular weight excluding hydrogens is 572 g/mol. The summed E-state index contributed by atoms with van der Waals surface area (Å²) in [6, 6.07) is 22.6. The summed E-state index contributed by atoms with van der Waals surface area (Å²) < 4.78 is 7.92. The third-order valence-electron chi connectivity index (χ3n) is 4.64. The molecule has 0 atom stereocenters. The maximum absolute atomic E-state index is 13.0. The van der Waals surface area contributed by atoms with E-state index < -0.39 is 0 Å². The fourth-order valence-corrected chi connectivity index (χ4v) is 5.87. The Labute approximate surface area is 212 Å². The summed E-state index contributed by atoms with van der Waals surface area (Å²) in [5.41, 5.74) is 2.96. The number of halogens is 2. The molecule has 32 heavy (non-hydrogen) atoms. The zero-order valence-corrected chi connectivity index (χ0v) is 21.2. The van der Waals surface area contributed by atoms with Crippen LogP contribution in [0, 0.1) is 11.3 Å². The van der Waals surface area contributed by atoms with E-state index in [2.05, 4.69) is 37.9 Å². The van der Waals surface area contributed by atoms with Gasteiger partial charge in [-0.2, -0.15) is 5.26 Å². The number of carbonyl (C=O) groups is 1. The van der Waals surface area contributed by atoms with Gasteiger partial charge in [-0.3, -0.25) is 9.69 Å². The number of para-hydroxylation sites is 1. The second-order valence-electron chi connectivity index (χ2n) is 6.72. The lowest BCUT2D eigenvalue weighted by Gasteiger charge is -2.14. The fourth-order valence-electron chi connectivity index (χ4n) is 3.12. The zero-order chi connectivity index (χ0) is 22.7. The summed E-state index contributed by atoms with van der Waals surface area (Å²) in [5, 5.41) is 9.26. The molecule has 0 spiro atoms. The molecule has 0 aliphatic carbocycles. The van der Waals surface area contributed by atoms with Gasteiger partial charge in [0.1, 0.15) is 12.4 Å². The van der Waals surface area contributed by atoms with Gasteiger partial charge >= 0.3 is 0 Å². The van der Waals surface area contributed by atoms with Crippen molar-refractivity contribution >= 4 is 77.8 Å². The maximum atomic E-state index is 13.0. The lowest BCUT2D eigenvalue weighted by Crippen LogP contribution is -2.27. The van der Waals surface area contributed by atoms with Crippen molar-refractivity contribution in [2.24, 2.45) is 0 Å². The highest BCUT2D eigenvalue weighted by atomic mass is 79.9. The molecule has 1 heterocycles. The van der Waals surface area contributed by atoms with Crippen LogP contribution in [0.4, 0.5) is 5.69 Å². The molecule has 3 aromatic rings. The molecular formula is C24H14Br2N2O2S2. The molecule has 3 aromatic carbocycles. The van der Waals surface area contributed by atoms with Gasteiger partial charge in [-0.1, -0.05) is 60.4 Å². The molecule has 0 aromatic heterocycles. The van der Waals surface area contributed by atoms with Crippen molar-refractivity contribution in [1.82, 2.24) is 0 Å². The van der Waals surface area contributed by atoms with Crippen molar-refractivity contribution in [2.45, 2.75) is 6.61 Å². The first-order valence-electron chi connectivity index (χ1n) is 9.41. The molecule has 1 amide bonds. The van der Waals surface area contributed by atoms with Crippen LogP contribution in [0.5, 0.6) is 5.75 Å². The Balaban J connectivity index is 1.56. The average Bonchev–Trinajstić information content (AvgIpc) is 3.06. The molecule has 1 aliphatic rings. The minimum absolute atomic E-state index is 0.146. The monoisotopic (exact) mass is 584 g/mol. The van der Waals surface area contributed by atoms with E-state index in [1.807, 2.05) is 66.7 Å². The number of nitriles is 1. The number of hydrogen-bond acceptors (Lipinski definition) is 5. The van der Waals surface area contributed by atoms with Gasteiger partial charge in [-0.05, 0) is 73.8 Å². The SMILES string of the molecule is N#Cc1ccccc1COc1c(Br)cc(/C=C2/SC(=S)N(c3ccccc3)C2=O)cc1Br. The first-order valence-corrected chi connectivity index (χ1v) is 12.2. The Bertz CT molecular complexity index is 1260. The zero-order valence-electron chi connectivity index (χ0n) is 16.4. The summed E-state index contributed by atoms with van der Waals surface area (Å²) in [7, 11) is 0. The Morgan fingerprint density at radius 2 is 1.72 bits per heavy atom. The molecule has 0 radical (unpaired) electrons. The minimum atomic E-state index is -0.146. The van der Waals surface area contributed by atoms with Crippen molar-refractivity contribution in [2.75, 3.05) is 4.90 Å². The van der Waals surface area contributed by atoms with Crippen LogP contribution in [0.25, 0.3) is 6.08 Å². The van der Waals surface area contributed by atoms with Crippen molar-refractivity contribution in [3.63, 3.8) is 0 Å². The first-order chi connectivity index (χ1) is 15.5. The van der Waals surface area contributed by atoms with Gasteiger partial charge in [0.15, 0.2) is 4.32 Å². The number of rotatable bonds is 5. The number of thiocarbonyl (C=S) groups is 1. The Morgan fingerprint density at radius 3 is 2.41 bits per heavy atom. The second kappa shape index (κ2) is 10.0. The van der Waals surface area contributed by atoms with Crippen LogP contribution in [0.3, 0.4) is 0 Å². The summed E-state index contributed by atoms with van der Waals surface area (Å²) in [5.74, 6) is 0.471. The van der Waals surface area contributed by atoms with E-state index in [4.69, 9.17) is 17.0 Å². The minimum Gasteiger partial charge on any atom is -0.486 e. The highest BCUT2D eigenvalue weighted by molar-refractivity contribution is 9.11. The molecule has 8 heteroatoms. The molecule has 0 N–H and O–H groups in total. The van der Waals surface area contributed by atoms with Crippen LogP contribution in [0.15, 0.2) is 80.6 Å². The Hall–Kier alpha value is -2.44. The predicted octanol–water partition coefficient (Wildman–Crippen LogP) is 7.07. The number of carbonyl (C=O) groups excluding carboxylic acids is 1. The Kier molecular flexibility index (Phi) is 7.11. The van der Waals surface area contributed by atoms with Crippen LogP contribution in [-0.2, 0) is 11.4 Å². The number of thioether (sulfide) groups is 1. The largest absolute Gasteiger partial charge is 0.486 e. The number of ether oxygens (including phenoxy) is 1. The quantitative estimate of drug-likeness (QED) is 0.237. The third kappa shape index (κ3) is 4.81. The predicted molar refractivity (Wildman–Crippen MR) is 139 cm³/mol. The van der Waals surface area contributed by atoms with Gasteiger partial charge in [0, 0.05) is 5.56 Å². The lowest BCUT2D eigenvalue weighted by atomic mass is 10.1. The summed E-state index contributed by atoms with van der Waals surface area (Å²) in [4.78, 5) is 15.0. The molecule has 1 fully saturated rings. The number of nitrogens with zero attached hydrogens (tertiary/aromatic N) is 2. The van der Waals surface area contributed by atoms with E-state index in [0.717, 1.165) is 25.8 Å². The van der Waals surface area contributed by atoms with E-state index in [1.54, 1.807) is 11.0 Å². The molecule has 4 rings (SSSR count). The molecule has 158 valence electrons. The van der Waals surface area contributed by atoms with Gasteiger partial charge < -0.3 is 4.74 Å². The highest BCUT2D eigenvalue weighted by Crippen LogP contribution is 2.39. The van der Waals surface area contributed by atoms with Crippen molar-refractivity contribution < 1.29 is 9.53 Å². The topological polar surface area (TPSA) is 53.3 Å².